The van der Waals surface area contributed by atoms with Gasteiger partial charge in [-0.1, -0.05) is 17.3 Å². The Kier molecular flexibility index (Phi) is 5.57. The Balaban J connectivity index is 1.62. The molecule has 0 aliphatic heterocycles. The highest BCUT2D eigenvalue weighted by atomic mass is 32.1. The van der Waals surface area contributed by atoms with E-state index in [1.807, 2.05) is 45.0 Å². The number of hydrogen-bond acceptors (Lipinski definition) is 7. The molecule has 0 atom stereocenters. The van der Waals surface area contributed by atoms with Crippen LogP contribution in [0.15, 0.2) is 24.3 Å². The van der Waals surface area contributed by atoms with Crippen molar-refractivity contribution >= 4 is 17.6 Å². The van der Waals surface area contributed by atoms with Crippen LogP contribution in [-0.4, -0.2) is 36.3 Å². The van der Waals surface area contributed by atoms with E-state index in [0.29, 0.717) is 31.1 Å². The van der Waals surface area contributed by atoms with Gasteiger partial charge in [-0.25, -0.2) is 4.68 Å². The van der Waals surface area contributed by atoms with Gasteiger partial charge in [0.2, 0.25) is 0 Å². The molecule has 0 saturated heterocycles. The monoisotopic (exact) mass is 372 g/mol. The van der Waals surface area contributed by atoms with Crippen molar-refractivity contribution in [2.75, 3.05) is 6.61 Å². The van der Waals surface area contributed by atoms with E-state index in [2.05, 4.69) is 24.4 Å². The smallest absolute Gasteiger partial charge is 0.274 e. The van der Waals surface area contributed by atoms with Gasteiger partial charge in [0, 0.05) is 6.54 Å². The van der Waals surface area contributed by atoms with Gasteiger partial charge in [0.15, 0.2) is 5.69 Å². The number of aryl methyl sites for hydroxylation is 1. The SMILES string of the molecule is CCOc1ccc(CNC(=O)c2nnn(Cc3nsnc3C)c2C)cc1. The van der Waals surface area contributed by atoms with Gasteiger partial charge >= 0.3 is 0 Å². The molecule has 9 heteroatoms. The van der Waals surface area contributed by atoms with Crippen molar-refractivity contribution in [1.82, 2.24) is 29.1 Å². The highest BCUT2D eigenvalue weighted by molar-refractivity contribution is 6.99. The van der Waals surface area contributed by atoms with Gasteiger partial charge in [0.25, 0.3) is 5.91 Å². The van der Waals surface area contributed by atoms with Crippen LogP contribution in [-0.2, 0) is 13.1 Å². The number of amides is 1. The molecule has 136 valence electrons. The molecule has 0 spiro atoms. The summed E-state index contributed by atoms with van der Waals surface area (Å²) in [4.78, 5) is 12.4. The lowest BCUT2D eigenvalue weighted by Crippen LogP contribution is -2.24. The fraction of sp³-hybridized carbons (Fsp3) is 0.353. The molecular formula is C17H20N6O2S. The first-order valence-electron chi connectivity index (χ1n) is 8.26. The van der Waals surface area contributed by atoms with Crippen LogP contribution in [0.5, 0.6) is 5.75 Å². The summed E-state index contributed by atoms with van der Waals surface area (Å²) < 4.78 is 15.5. The van der Waals surface area contributed by atoms with E-state index in [1.54, 1.807) is 4.68 Å². The van der Waals surface area contributed by atoms with E-state index >= 15 is 0 Å². The first kappa shape index (κ1) is 18.0. The molecule has 26 heavy (non-hydrogen) atoms. The largest absolute Gasteiger partial charge is 0.494 e. The number of nitrogens with zero attached hydrogens (tertiary/aromatic N) is 5. The second-order valence-electron chi connectivity index (χ2n) is 5.74. The average Bonchev–Trinajstić information content (AvgIpc) is 3.21. The van der Waals surface area contributed by atoms with Gasteiger partial charge in [-0.3, -0.25) is 4.79 Å². The molecule has 2 heterocycles. The normalized spacial score (nSPS) is 10.7. The lowest BCUT2D eigenvalue weighted by molar-refractivity contribution is 0.0945. The molecule has 1 aromatic carbocycles. The lowest BCUT2D eigenvalue weighted by atomic mass is 10.2. The summed E-state index contributed by atoms with van der Waals surface area (Å²) in [5.41, 5.74) is 3.70. The van der Waals surface area contributed by atoms with Gasteiger partial charge in [-0.15, -0.1) is 5.10 Å². The van der Waals surface area contributed by atoms with Gasteiger partial charge in [-0.05, 0) is 38.5 Å². The van der Waals surface area contributed by atoms with Crippen molar-refractivity contribution in [2.45, 2.75) is 33.9 Å². The summed E-state index contributed by atoms with van der Waals surface area (Å²) in [5, 5.41) is 10.9. The highest BCUT2D eigenvalue weighted by Crippen LogP contribution is 2.13. The van der Waals surface area contributed by atoms with Crippen LogP contribution < -0.4 is 10.1 Å². The molecule has 0 saturated carbocycles. The minimum atomic E-state index is -0.254. The maximum Gasteiger partial charge on any atom is 0.274 e. The van der Waals surface area contributed by atoms with Crippen molar-refractivity contribution in [3.8, 4) is 5.75 Å². The first-order valence-corrected chi connectivity index (χ1v) is 8.99. The summed E-state index contributed by atoms with van der Waals surface area (Å²) in [6.45, 7) is 7.15. The number of benzene rings is 1. The minimum Gasteiger partial charge on any atom is -0.494 e. The van der Waals surface area contributed by atoms with E-state index in [-0.39, 0.29) is 5.91 Å². The number of hydrogen-bond donors (Lipinski definition) is 1. The van der Waals surface area contributed by atoms with Crippen LogP contribution in [0.4, 0.5) is 0 Å². The zero-order valence-corrected chi connectivity index (χ0v) is 15.7. The summed E-state index contributed by atoms with van der Waals surface area (Å²) in [7, 11) is 0. The topological polar surface area (TPSA) is 94.8 Å². The molecule has 3 rings (SSSR count). The Labute approximate surface area is 155 Å². The molecule has 2 aromatic heterocycles. The number of nitrogens with one attached hydrogen (secondary N) is 1. The number of carbonyl (C=O) groups is 1. The Bertz CT molecular complexity index is 887. The quantitative estimate of drug-likeness (QED) is 0.683. The molecule has 0 radical (unpaired) electrons. The number of carbonyl (C=O) groups excluding carboxylic acids is 1. The third-order valence-electron chi connectivity index (χ3n) is 3.93. The lowest BCUT2D eigenvalue weighted by Gasteiger charge is -2.06. The van der Waals surface area contributed by atoms with Crippen molar-refractivity contribution in [2.24, 2.45) is 0 Å². The van der Waals surface area contributed by atoms with Crippen LogP contribution in [0.2, 0.25) is 0 Å². The molecule has 0 bridgehead atoms. The van der Waals surface area contributed by atoms with Crippen molar-refractivity contribution in [3.63, 3.8) is 0 Å². The van der Waals surface area contributed by atoms with E-state index in [1.165, 1.54) is 0 Å². The summed E-state index contributed by atoms with van der Waals surface area (Å²) in [6.07, 6.45) is 0. The van der Waals surface area contributed by atoms with Gasteiger partial charge < -0.3 is 10.1 Å². The van der Waals surface area contributed by atoms with E-state index in [4.69, 9.17) is 4.74 Å². The fourth-order valence-electron chi connectivity index (χ4n) is 2.39. The zero-order chi connectivity index (χ0) is 18.5. The highest BCUT2D eigenvalue weighted by Gasteiger charge is 2.17. The molecule has 8 nitrogen and oxygen atoms in total. The molecule has 1 amide bonds. The maximum atomic E-state index is 12.4. The Morgan fingerprint density at radius 3 is 2.65 bits per heavy atom. The molecule has 0 unspecified atom stereocenters. The van der Waals surface area contributed by atoms with Gasteiger partial charge in [0.05, 0.1) is 42.0 Å². The molecule has 3 aromatic rings. The molecule has 0 aliphatic rings. The number of aromatic nitrogens is 5. The van der Waals surface area contributed by atoms with E-state index < -0.39 is 0 Å². The summed E-state index contributed by atoms with van der Waals surface area (Å²) in [6, 6.07) is 7.62. The molecule has 0 fully saturated rings. The summed E-state index contributed by atoms with van der Waals surface area (Å²) in [5.74, 6) is 0.559. The minimum absolute atomic E-state index is 0.254. The second-order valence-corrected chi connectivity index (χ2v) is 6.27. The fourth-order valence-corrected chi connectivity index (χ4v) is 2.95. The first-order chi connectivity index (χ1) is 12.6. The third-order valence-corrected chi connectivity index (χ3v) is 4.59. The maximum absolute atomic E-state index is 12.4. The second kappa shape index (κ2) is 8.05. The van der Waals surface area contributed by atoms with Crippen LogP contribution in [0.25, 0.3) is 0 Å². The van der Waals surface area contributed by atoms with Crippen molar-refractivity contribution in [3.05, 3.63) is 52.6 Å². The van der Waals surface area contributed by atoms with Gasteiger partial charge in [0.1, 0.15) is 5.75 Å². The van der Waals surface area contributed by atoms with Gasteiger partial charge in [-0.2, -0.15) is 8.75 Å². The Morgan fingerprint density at radius 1 is 1.23 bits per heavy atom. The predicted molar refractivity (Wildman–Crippen MR) is 97.3 cm³/mol. The Hall–Kier alpha value is -2.81. The standard InChI is InChI=1S/C17H20N6O2S/c1-4-25-14-7-5-13(6-8-14)9-18-17(24)16-12(3)23(22-19-16)10-15-11(2)20-26-21-15/h5-8H,4,9-10H2,1-3H3,(H,18,24). The van der Waals surface area contributed by atoms with Crippen molar-refractivity contribution in [1.29, 1.82) is 0 Å². The van der Waals surface area contributed by atoms with E-state index in [9.17, 15) is 4.79 Å². The van der Waals surface area contributed by atoms with Crippen molar-refractivity contribution < 1.29 is 9.53 Å². The zero-order valence-electron chi connectivity index (χ0n) is 14.9. The van der Waals surface area contributed by atoms with Crippen LogP contribution in [0.1, 0.15) is 40.1 Å². The summed E-state index contributed by atoms with van der Waals surface area (Å²) >= 11 is 1.16. The van der Waals surface area contributed by atoms with Crippen LogP contribution in [0, 0.1) is 13.8 Å². The number of ether oxygens (including phenoxy) is 1. The molecule has 1 N–H and O–H groups in total. The number of rotatable bonds is 7. The molecule has 0 aliphatic carbocycles. The Morgan fingerprint density at radius 2 is 2.00 bits per heavy atom. The van der Waals surface area contributed by atoms with E-state index in [0.717, 1.165) is 34.4 Å². The predicted octanol–water partition coefficient (Wildman–Crippen LogP) is 2.12. The van der Waals surface area contributed by atoms with Crippen LogP contribution in [0.3, 0.4) is 0 Å². The third kappa shape index (κ3) is 4.05. The van der Waals surface area contributed by atoms with Crippen LogP contribution >= 0.6 is 11.7 Å². The molecular weight excluding hydrogens is 352 g/mol. The average molecular weight is 372 g/mol.